The van der Waals surface area contributed by atoms with Crippen LogP contribution >= 0.6 is 0 Å². The van der Waals surface area contributed by atoms with Crippen LogP contribution in [0.3, 0.4) is 0 Å². The summed E-state index contributed by atoms with van der Waals surface area (Å²) < 4.78 is 5.64. The van der Waals surface area contributed by atoms with Gasteiger partial charge in [-0.1, -0.05) is 18.7 Å². The van der Waals surface area contributed by atoms with Gasteiger partial charge < -0.3 is 15.0 Å². The maximum absolute atomic E-state index is 12.5. The number of carbonyl (C=O) groups is 2. The molecule has 1 aliphatic heterocycles. The molecular weight excluding hydrogens is 304 g/mol. The molecule has 128 valence electrons. The molecule has 24 heavy (non-hydrogen) atoms. The first kappa shape index (κ1) is 16.6. The van der Waals surface area contributed by atoms with Gasteiger partial charge in [0.1, 0.15) is 12.4 Å². The SMILES string of the molecule is C=C(C)COc1ccccc1C(=O)NC[C@H]1CC(=O)N(C2CC2)C1. The number of hydrogen-bond acceptors (Lipinski definition) is 3. The van der Waals surface area contributed by atoms with Crippen LogP contribution in [0.4, 0.5) is 0 Å². The van der Waals surface area contributed by atoms with Gasteiger partial charge in [0, 0.05) is 31.5 Å². The van der Waals surface area contributed by atoms with Crippen molar-refractivity contribution in [2.75, 3.05) is 19.7 Å². The highest BCUT2D eigenvalue weighted by molar-refractivity contribution is 5.97. The van der Waals surface area contributed by atoms with E-state index in [4.69, 9.17) is 4.74 Å². The van der Waals surface area contributed by atoms with Gasteiger partial charge in [-0.2, -0.15) is 0 Å². The number of amides is 2. The zero-order valence-electron chi connectivity index (χ0n) is 14.1. The lowest BCUT2D eigenvalue weighted by Gasteiger charge is -2.16. The van der Waals surface area contributed by atoms with Crippen LogP contribution in [0.15, 0.2) is 36.4 Å². The largest absolute Gasteiger partial charge is 0.488 e. The second-order valence-corrected chi connectivity index (χ2v) is 6.80. The van der Waals surface area contributed by atoms with Crippen molar-refractivity contribution in [1.82, 2.24) is 10.2 Å². The van der Waals surface area contributed by atoms with E-state index < -0.39 is 0 Å². The summed E-state index contributed by atoms with van der Waals surface area (Å²) in [4.78, 5) is 26.4. The molecule has 1 saturated heterocycles. The highest BCUT2D eigenvalue weighted by atomic mass is 16.5. The van der Waals surface area contributed by atoms with Gasteiger partial charge in [0.25, 0.3) is 5.91 Å². The maximum Gasteiger partial charge on any atom is 0.255 e. The molecule has 0 spiro atoms. The van der Waals surface area contributed by atoms with Crippen molar-refractivity contribution in [3.63, 3.8) is 0 Å². The molecule has 1 saturated carbocycles. The smallest absolute Gasteiger partial charge is 0.255 e. The first-order valence-electron chi connectivity index (χ1n) is 8.48. The fraction of sp³-hybridized carbons (Fsp3) is 0.474. The molecule has 0 unspecified atom stereocenters. The number of benzene rings is 1. The first-order valence-corrected chi connectivity index (χ1v) is 8.48. The summed E-state index contributed by atoms with van der Waals surface area (Å²) in [6.07, 6.45) is 2.78. The maximum atomic E-state index is 12.5. The van der Waals surface area contributed by atoms with Gasteiger partial charge in [0.15, 0.2) is 0 Å². The molecule has 5 heteroatoms. The second-order valence-electron chi connectivity index (χ2n) is 6.80. The van der Waals surface area contributed by atoms with Crippen LogP contribution < -0.4 is 10.1 Å². The van der Waals surface area contributed by atoms with Crippen LogP contribution in [0.25, 0.3) is 0 Å². The molecule has 0 bridgehead atoms. The highest BCUT2D eigenvalue weighted by Crippen LogP contribution is 2.32. The van der Waals surface area contributed by atoms with Crippen LogP contribution in [0, 0.1) is 5.92 Å². The minimum absolute atomic E-state index is 0.162. The second kappa shape index (κ2) is 7.07. The van der Waals surface area contributed by atoms with Gasteiger partial charge in [-0.05, 0) is 37.5 Å². The Labute approximate surface area is 142 Å². The Hall–Kier alpha value is -2.30. The van der Waals surface area contributed by atoms with Gasteiger partial charge in [0.2, 0.25) is 5.91 Å². The molecular formula is C19H24N2O3. The Bertz CT molecular complexity index is 652. The zero-order valence-corrected chi connectivity index (χ0v) is 14.1. The van der Waals surface area contributed by atoms with Crippen molar-refractivity contribution in [3.8, 4) is 5.75 Å². The summed E-state index contributed by atoms with van der Waals surface area (Å²) in [6, 6.07) is 7.64. The van der Waals surface area contributed by atoms with E-state index in [1.165, 1.54) is 0 Å². The van der Waals surface area contributed by atoms with E-state index in [0.29, 0.717) is 36.9 Å². The summed E-state index contributed by atoms with van der Waals surface area (Å²) in [7, 11) is 0. The van der Waals surface area contributed by atoms with E-state index in [9.17, 15) is 9.59 Å². The third-order valence-electron chi connectivity index (χ3n) is 4.38. The van der Waals surface area contributed by atoms with E-state index in [0.717, 1.165) is 25.0 Å². The van der Waals surface area contributed by atoms with E-state index in [1.54, 1.807) is 12.1 Å². The molecule has 5 nitrogen and oxygen atoms in total. The molecule has 2 fully saturated rings. The molecule has 2 aliphatic rings. The Morgan fingerprint density at radius 3 is 2.83 bits per heavy atom. The number of para-hydroxylation sites is 1. The molecule has 0 radical (unpaired) electrons. The van der Waals surface area contributed by atoms with Crippen LogP contribution in [-0.2, 0) is 4.79 Å². The van der Waals surface area contributed by atoms with Crippen molar-refractivity contribution in [1.29, 1.82) is 0 Å². The van der Waals surface area contributed by atoms with Crippen molar-refractivity contribution >= 4 is 11.8 Å². The van der Waals surface area contributed by atoms with Crippen molar-refractivity contribution in [2.45, 2.75) is 32.2 Å². The molecule has 1 aliphatic carbocycles. The number of rotatable bonds is 7. The van der Waals surface area contributed by atoms with Gasteiger partial charge in [-0.25, -0.2) is 0 Å². The number of likely N-dealkylation sites (tertiary alicyclic amines) is 1. The molecule has 1 atom stereocenters. The van der Waals surface area contributed by atoms with E-state index in [-0.39, 0.29) is 17.7 Å². The van der Waals surface area contributed by atoms with Crippen LogP contribution in [0.1, 0.15) is 36.5 Å². The highest BCUT2D eigenvalue weighted by Gasteiger charge is 2.39. The lowest BCUT2D eigenvalue weighted by atomic mass is 10.1. The molecule has 1 aromatic carbocycles. The Morgan fingerprint density at radius 1 is 1.38 bits per heavy atom. The van der Waals surface area contributed by atoms with Crippen molar-refractivity contribution < 1.29 is 14.3 Å². The summed E-state index contributed by atoms with van der Waals surface area (Å²) in [5, 5.41) is 2.95. The summed E-state index contributed by atoms with van der Waals surface area (Å²) >= 11 is 0. The van der Waals surface area contributed by atoms with Gasteiger partial charge in [-0.3, -0.25) is 9.59 Å². The summed E-state index contributed by atoms with van der Waals surface area (Å²) in [6.45, 7) is 7.35. The lowest BCUT2D eigenvalue weighted by molar-refractivity contribution is -0.128. The number of hydrogen-bond donors (Lipinski definition) is 1. The lowest BCUT2D eigenvalue weighted by Crippen LogP contribution is -2.32. The Kier molecular flexibility index (Phi) is 4.88. The van der Waals surface area contributed by atoms with Crippen molar-refractivity contribution in [2.24, 2.45) is 5.92 Å². The number of nitrogens with zero attached hydrogens (tertiary/aromatic N) is 1. The Morgan fingerprint density at radius 2 is 2.12 bits per heavy atom. The number of ether oxygens (including phenoxy) is 1. The van der Waals surface area contributed by atoms with Crippen LogP contribution in [0.5, 0.6) is 5.75 Å². The van der Waals surface area contributed by atoms with Crippen molar-refractivity contribution in [3.05, 3.63) is 42.0 Å². The molecule has 1 N–H and O–H groups in total. The summed E-state index contributed by atoms with van der Waals surface area (Å²) in [5.74, 6) is 0.817. The molecule has 2 amide bonds. The molecule has 0 aromatic heterocycles. The predicted molar refractivity (Wildman–Crippen MR) is 91.9 cm³/mol. The predicted octanol–water partition coefficient (Wildman–Crippen LogP) is 2.38. The Balaban J connectivity index is 1.55. The molecule has 3 rings (SSSR count). The van der Waals surface area contributed by atoms with E-state index in [1.807, 2.05) is 24.0 Å². The van der Waals surface area contributed by atoms with Gasteiger partial charge in [-0.15, -0.1) is 0 Å². The normalized spacial score (nSPS) is 20.1. The fourth-order valence-electron chi connectivity index (χ4n) is 3.00. The van der Waals surface area contributed by atoms with Gasteiger partial charge >= 0.3 is 0 Å². The zero-order chi connectivity index (χ0) is 17.1. The first-order chi connectivity index (χ1) is 11.5. The van der Waals surface area contributed by atoms with E-state index in [2.05, 4.69) is 11.9 Å². The van der Waals surface area contributed by atoms with Crippen LogP contribution in [0.2, 0.25) is 0 Å². The topological polar surface area (TPSA) is 58.6 Å². The molecule has 1 aromatic rings. The third kappa shape index (κ3) is 3.96. The average Bonchev–Trinajstić information content (AvgIpc) is 3.34. The minimum Gasteiger partial charge on any atom is -0.488 e. The minimum atomic E-state index is -0.162. The summed E-state index contributed by atoms with van der Waals surface area (Å²) in [5.41, 5.74) is 1.41. The third-order valence-corrected chi connectivity index (χ3v) is 4.38. The fourth-order valence-corrected chi connectivity index (χ4v) is 3.00. The average molecular weight is 328 g/mol. The van der Waals surface area contributed by atoms with Crippen LogP contribution in [-0.4, -0.2) is 42.5 Å². The quantitative estimate of drug-likeness (QED) is 0.782. The van der Waals surface area contributed by atoms with E-state index >= 15 is 0 Å². The standard InChI is InChI=1S/C19H24N2O3/c1-13(2)12-24-17-6-4-3-5-16(17)19(23)20-10-14-9-18(22)21(11-14)15-7-8-15/h3-6,14-15H,1,7-12H2,2H3,(H,20,23)/t14-/m1/s1. The number of carbonyl (C=O) groups excluding carboxylic acids is 2. The monoisotopic (exact) mass is 328 g/mol. The van der Waals surface area contributed by atoms with Gasteiger partial charge in [0.05, 0.1) is 5.56 Å². The number of nitrogens with one attached hydrogen (secondary N) is 1. The molecule has 1 heterocycles.